The quantitative estimate of drug-likeness (QED) is 0.840. The number of benzene rings is 1. The number of halogens is 1. The Balaban J connectivity index is 1.94. The van der Waals surface area contributed by atoms with Crippen molar-refractivity contribution in [3.8, 4) is 0 Å². The van der Waals surface area contributed by atoms with Crippen molar-refractivity contribution in [1.82, 2.24) is 9.88 Å². The Morgan fingerprint density at radius 2 is 1.95 bits per heavy atom. The van der Waals surface area contributed by atoms with E-state index in [1.54, 1.807) is 0 Å². The lowest BCUT2D eigenvalue weighted by Crippen LogP contribution is -2.46. The number of aromatic nitrogens is 1. The Labute approximate surface area is 118 Å². The van der Waals surface area contributed by atoms with E-state index in [4.69, 9.17) is 11.6 Å². The van der Waals surface area contributed by atoms with Gasteiger partial charge in [0.1, 0.15) is 5.82 Å². The number of pyridine rings is 1. The molecule has 4 heteroatoms. The average Bonchev–Trinajstić information content (AvgIpc) is 2.47. The second kappa shape index (κ2) is 5.35. The Kier molecular flexibility index (Phi) is 3.58. The van der Waals surface area contributed by atoms with Crippen LogP contribution in [0, 0.1) is 0 Å². The molecule has 0 bridgehead atoms. The fourth-order valence-corrected chi connectivity index (χ4v) is 2.83. The molecule has 1 aliphatic heterocycles. The van der Waals surface area contributed by atoms with Crippen molar-refractivity contribution in [1.29, 1.82) is 0 Å². The molecule has 100 valence electrons. The van der Waals surface area contributed by atoms with Crippen molar-refractivity contribution in [3.63, 3.8) is 0 Å². The first-order valence-electron chi connectivity index (χ1n) is 6.79. The maximum atomic E-state index is 6.12. The molecule has 0 unspecified atom stereocenters. The summed E-state index contributed by atoms with van der Waals surface area (Å²) in [5.74, 6) is 1.07. The number of piperazine rings is 1. The highest BCUT2D eigenvalue weighted by Gasteiger charge is 2.18. The molecule has 0 radical (unpaired) electrons. The summed E-state index contributed by atoms with van der Waals surface area (Å²) in [4.78, 5) is 9.40. The van der Waals surface area contributed by atoms with Gasteiger partial charge in [-0.05, 0) is 30.1 Å². The zero-order chi connectivity index (χ0) is 13.2. The van der Waals surface area contributed by atoms with Crippen LogP contribution in [0.5, 0.6) is 0 Å². The van der Waals surface area contributed by atoms with Gasteiger partial charge < -0.3 is 9.80 Å². The number of anilines is 1. The number of hydrogen-bond donors (Lipinski definition) is 0. The molecule has 2 aromatic rings. The highest BCUT2D eigenvalue weighted by atomic mass is 35.5. The summed E-state index contributed by atoms with van der Waals surface area (Å²) in [5.41, 5.74) is 0. The maximum absolute atomic E-state index is 6.12. The SMILES string of the molecule is CCN1CCN(c2nccc3ccc(Cl)cc23)CC1. The molecule has 0 atom stereocenters. The van der Waals surface area contributed by atoms with E-state index in [2.05, 4.69) is 27.8 Å². The molecule has 1 saturated heterocycles. The van der Waals surface area contributed by atoms with Crippen LogP contribution in [0.1, 0.15) is 6.92 Å². The van der Waals surface area contributed by atoms with Gasteiger partial charge in [-0.15, -0.1) is 0 Å². The Bertz CT molecular complexity index is 577. The van der Waals surface area contributed by atoms with Crippen LogP contribution in [0.25, 0.3) is 10.8 Å². The van der Waals surface area contributed by atoms with Gasteiger partial charge in [0, 0.05) is 42.8 Å². The van der Waals surface area contributed by atoms with Crippen LogP contribution in [-0.2, 0) is 0 Å². The number of fused-ring (bicyclic) bond motifs is 1. The third kappa shape index (κ3) is 2.53. The van der Waals surface area contributed by atoms with Gasteiger partial charge in [-0.1, -0.05) is 24.6 Å². The van der Waals surface area contributed by atoms with Crippen molar-refractivity contribution in [2.75, 3.05) is 37.6 Å². The third-order valence-electron chi connectivity index (χ3n) is 3.83. The first-order chi connectivity index (χ1) is 9.28. The molecular weight excluding hydrogens is 258 g/mol. The standard InChI is InChI=1S/C15H18ClN3/c1-2-18-7-9-19(10-8-18)15-14-11-13(16)4-3-12(14)5-6-17-15/h3-6,11H,2,7-10H2,1H3. The van der Waals surface area contributed by atoms with Crippen LogP contribution in [0.2, 0.25) is 5.02 Å². The Morgan fingerprint density at radius 3 is 2.68 bits per heavy atom. The lowest BCUT2D eigenvalue weighted by atomic mass is 10.1. The number of hydrogen-bond acceptors (Lipinski definition) is 3. The molecule has 19 heavy (non-hydrogen) atoms. The molecule has 0 spiro atoms. The van der Waals surface area contributed by atoms with Gasteiger partial charge in [0.05, 0.1) is 0 Å². The minimum Gasteiger partial charge on any atom is -0.354 e. The molecule has 1 aliphatic rings. The molecule has 0 aliphatic carbocycles. The first kappa shape index (κ1) is 12.7. The van der Waals surface area contributed by atoms with E-state index in [9.17, 15) is 0 Å². The molecule has 1 aromatic heterocycles. The van der Waals surface area contributed by atoms with Crippen LogP contribution >= 0.6 is 11.6 Å². The number of rotatable bonds is 2. The molecule has 1 fully saturated rings. The van der Waals surface area contributed by atoms with Crippen LogP contribution in [0.15, 0.2) is 30.5 Å². The summed E-state index contributed by atoms with van der Waals surface area (Å²) in [6, 6.07) is 8.05. The first-order valence-corrected chi connectivity index (χ1v) is 7.17. The summed E-state index contributed by atoms with van der Waals surface area (Å²) < 4.78 is 0. The van der Waals surface area contributed by atoms with Crippen LogP contribution in [0.4, 0.5) is 5.82 Å². The van der Waals surface area contributed by atoms with Gasteiger partial charge in [-0.25, -0.2) is 4.98 Å². The van der Waals surface area contributed by atoms with Crippen molar-refractivity contribution in [2.45, 2.75) is 6.92 Å². The number of nitrogens with zero attached hydrogens (tertiary/aromatic N) is 3. The summed E-state index contributed by atoms with van der Waals surface area (Å²) in [7, 11) is 0. The smallest absolute Gasteiger partial charge is 0.136 e. The minimum atomic E-state index is 0.772. The Morgan fingerprint density at radius 1 is 1.16 bits per heavy atom. The van der Waals surface area contributed by atoms with Crippen LogP contribution in [-0.4, -0.2) is 42.6 Å². The van der Waals surface area contributed by atoms with Gasteiger partial charge >= 0.3 is 0 Å². The van der Waals surface area contributed by atoms with E-state index >= 15 is 0 Å². The fraction of sp³-hybridized carbons (Fsp3) is 0.400. The van der Waals surface area contributed by atoms with Crippen LogP contribution < -0.4 is 4.90 Å². The van der Waals surface area contributed by atoms with Gasteiger partial charge in [0.15, 0.2) is 0 Å². The Hall–Kier alpha value is -1.32. The monoisotopic (exact) mass is 275 g/mol. The van der Waals surface area contributed by atoms with Crippen LogP contribution in [0.3, 0.4) is 0 Å². The normalized spacial score (nSPS) is 17.1. The average molecular weight is 276 g/mol. The third-order valence-corrected chi connectivity index (χ3v) is 4.06. The second-order valence-corrected chi connectivity index (χ2v) is 5.36. The molecule has 2 heterocycles. The summed E-state index contributed by atoms with van der Waals surface area (Å²) in [6.07, 6.45) is 1.89. The minimum absolute atomic E-state index is 0.772. The predicted molar refractivity (Wildman–Crippen MR) is 81.1 cm³/mol. The lowest BCUT2D eigenvalue weighted by molar-refractivity contribution is 0.271. The van der Waals surface area contributed by atoms with Crippen molar-refractivity contribution >= 4 is 28.2 Å². The largest absolute Gasteiger partial charge is 0.354 e. The molecule has 0 saturated carbocycles. The summed E-state index contributed by atoms with van der Waals surface area (Å²) in [6.45, 7) is 7.62. The summed E-state index contributed by atoms with van der Waals surface area (Å²) >= 11 is 6.12. The maximum Gasteiger partial charge on any atom is 0.136 e. The van der Waals surface area contributed by atoms with Gasteiger partial charge in [0.25, 0.3) is 0 Å². The molecule has 3 nitrogen and oxygen atoms in total. The van der Waals surface area contributed by atoms with Crippen molar-refractivity contribution in [3.05, 3.63) is 35.5 Å². The molecule has 0 N–H and O–H groups in total. The van der Waals surface area contributed by atoms with E-state index in [1.807, 2.05) is 24.4 Å². The van der Waals surface area contributed by atoms with Crippen molar-refractivity contribution < 1.29 is 0 Å². The van der Waals surface area contributed by atoms with E-state index in [1.165, 1.54) is 5.39 Å². The highest BCUT2D eigenvalue weighted by molar-refractivity contribution is 6.31. The topological polar surface area (TPSA) is 19.4 Å². The molecular formula is C15H18ClN3. The second-order valence-electron chi connectivity index (χ2n) is 4.92. The zero-order valence-electron chi connectivity index (χ0n) is 11.1. The van der Waals surface area contributed by atoms with E-state index in [0.29, 0.717) is 0 Å². The summed E-state index contributed by atoms with van der Waals surface area (Å²) in [5, 5.41) is 3.13. The predicted octanol–water partition coefficient (Wildman–Crippen LogP) is 3.03. The highest BCUT2D eigenvalue weighted by Crippen LogP contribution is 2.27. The van der Waals surface area contributed by atoms with Crippen molar-refractivity contribution in [2.24, 2.45) is 0 Å². The molecule has 0 amide bonds. The fourth-order valence-electron chi connectivity index (χ4n) is 2.65. The van der Waals surface area contributed by atoms with Gasteiger partial charge in [-0.3, -0.25) is 0 Å². The molecule has 3 rings (SSSR count). The van der Waals surface area contributed by atoms with E-state index < -0.39 is 0 Å². The zero-order valence-corrected chi connectivity index (χ0v) is 11.9. The van der Waals surface area contributed by atoms with E-state index in [0.717, 1.165) is 49.0 Å². The van der Waals surface area contributed by atoms with Gasteiger partial charge in [-0.2, -0.15) is 0 Å². The molecule has 1 aromatic carbocycles. The number of likely N-dealkylation sites (N-methyl/N-ethyl adjacent to an activating group) is 1. The van der Waals surface area contributed by atoms with Gasteiger partial charge in [0.2, 0.25) is 0 Å². The lowest BCUT2D eigenvalue weighted by Gasteiger charge is -2.35. The van der Waals surface area contributed by atoms with E-state index in [-0.39, 0.29) is 0 Å².